The Hall–Kier alpha value is -1.21. The summed E-state index contributed by atoms with van der Waals surface area (Å²) in [5, 5.41) is 0. The first-order chi connectivity index (χ1) is 16.2. The molecule has 0 saturated heterocycles. The van der Waals surface area contributed by atoms with Crippen molar-refractivity contribution in [3.05, 3.63) is 81.9 Å². The summed E-state index contributed by atoms with van der Waals surface area (Å²) in [5.74, 6) is 0. The molecule has 0 fully saturated rings. The van der Waals surface area contributed by atoms with Crippen molar-refractivity contribution < 1.29 is 20.0 Å². The minimum atomic E-state index is -3.05. The number of rotatable bonds is 8. The Balaban J connectivity index is 1.84. The molecule has 1 aliphatic heterocycles. The standard InChI is InChI=1S/C24H24.2C4H9.Hf/c1-3-17-15-19-9-5-7-11-21(19)23(17)13-14-24-18(4-2)16-20-10-6-8-12-22(20)24;2*1-3-4-2;/h5-12,15-16H,3-4,13-14H2,1-2H3;2*1,3-4H2,2H3;. The molecular formula is C32H42Hf. The van der Waals surface area contributed by atoms with Crippen LogP contribution >= 0.6 is 0 Å². The van der Waals surface area contributed by atoms with Crippen LogP contribution in [-0.4, -0.2) is 0 Å². The van der Waals surface area contributed by atoms with Crippen molar-refractivity contribution in [2.75, 3.05) is 0 Å². The molecule has 0 amide bonds. The van der Waals surface area contributed by atoms with Gasteiger partial charge in [-0.05, 0) is 0 Å². The van der Waals surface area contributed by atoms with Crippen molar-refractivity contribution in [3.63, 3.8) is 0 Å². The van der Waals surface area contributed by atoms with Crippen LogP contribution in [0.4, 0.5) is 0 Å². The maximum absolute atomic E-state index is 3.05. The summed E-state index contributed by atoms with van der Waals surface area (Å²) in [5.41, 5.74) is 14.0. The van der Waals surface area contributed by atoms with Crippen LogP contribution in [0.3, 0.4) is 0 Å². The Labute approximate surface area is 206 Å². The average molecular weight is 605 g/mol. The number of benzene rings is 2. The Morgan fingerprint density at radius 1 is 0.636 bits per heavy atom. The van der Waals surface area contributed by atoms with Crippen molar-refractivity contribution in [3.8, 4) is 0 Å². The van der Waals surface area contributed by atoms with E-state index in [1.807, 2.05) is 11.1 Å². The van der Waals surface area contributed by atoms with E-state index >= 15 is 0 Å². The first-order valence-electron chi connectivity index (χ1n) is 13.8. The fourth-order valence-electron chi connectivity index (χ4n) is 7.99. The zero-order valence-corrected chi connectivity index (χ0v) is 24.9. The van der Waals surface area contributed by atoms with Crippen LogP contribution in [0, 0.1) is 0 Å². The van der Waals surface area contributed by atoms with Crippen LogP contribution in [0.25, 0.3) is 11.1 Å². The molecule has 0 N–H and O–H groups in total. The molecule has 0 aromatic heterocycles. The van der Waals surface area contributed by atoms with Crippen molar-refractivity contribution in [1.29, 1.82) is 0 Å². The monoisotopic (exact) mass is 606 g/mol. The Kier molecular flexibility index (Phi) is 6.99. The normalized spacial score (nSPS) is 22.7. The van der Waals surface area contributed by atoms with Gasteiger partial charge in [0.1, 0.15) is 0 Å². The van der Waals surface area contributed by atoms with Gasteiger partial charge in [-0.3, -0.25) is 0 Å². The molecule has 5 rings (SSSR count). The number of allylic oxidation sites excluding steroid dienone is 4. The van der Waals surface area contributed by atoms with Gasteiger partial charge in [0.25, 0.3) is 0 Å². The number of hydrogen-bond acceptors (Lipinski definition) is 0. The number of unbranched alkanes of at least 4 members (excludes halogenated alkanes) is 2. The van der Waals surface area contributed by atoms with Gasteiger partial charge in [0, 0.05) is 0 Å². The van der Waals surface area contributed by atoms with Crippen molar-refractivity contribution in [1.82, 2.24) is 0 Å². The third-order valence-corrected chi connectivity index (χ3v) is 31.4. The van der Waals surface area contributed by atoms with E-state index in [1.165, 1.54) is 51.4 Å². The van der Waals surface area contributed by atoms with Crippen LogP contribution < -0.4 is 0 Å². The van der Waals surface area contributed by atoms with Gasteiger partial charge in [0.05, 0.1) is 0 Å². The van der Waals surface area contributed by atoms with Gasteiger partial charge in [0.2, 0.25) is 0 Å². The summed E-state index contributed by atoms with van der Waals surface area (Å²) in [6, 6.07) is 19.3. The molecule has 1 heterocycles. The summed E-state index contributed by atoms with van der Waals surface area (Å²) < 4.78 is 4.72. The first-order valence-corrected chi connectivity index (χ1v) is 23.1. The third kappa shape index (κ3) is 3.64. The fraction of sp³-hybridized carbons (Fsp3) is 0.500. The molecule has 2 aromatic rings. The molecule has 0 saturated carbocycles. The second-order valence-corrected chi connectivity index (χ2v) is 27.3. The van der Waals surface area contributed by atoms with E-state index in [0.29, 0.717) is 0 Å². The summed E-state index contributed by atoms with van der Waals surface area (Å²) in [6.45, 7) is 9.78. The van der Waals surface area contributed by atoms with E-state index in [0.717, 1.165) is 7.35 Å². The van der Waals surface area contributed by atoms with Crippen molar-refractivity contribution in [2.45, 2.75) is 94.8 Å². The molecule has 4 bridgehead atoms. The van der Waals surface area contributed by atoms with Gasteiger partial charge in [-0.25, -0.2) is 0 Å². The van der Waals surface area contributed by atoms with Gasteiger partial charge in [-0.1, -0.05) is 0 Å². The third-order valence-electron chi connectivity index (χ3n) is 9.19. The van der Waals surface area contributed by atoms with Gasteiger partial charge in [0.15, 0.2) is 0 Å². The van der Waals surface area contributed by atoms with E-state index in [9.17, 15) is 0 Å². The van der Waals surface area contributed by atoms with Crippen LogP contribution in [0.15, 0.2) is 59.7 Å². The molecule has 3 aliphatic rings. The molecule has 33 heavy (non-hydrogen) atoms. The molecule has 2 unspecified atom stereocenters. The Morgan fingerprint density at radius 2 is 1.06 bits per heavy atom. The molecule has 2 aromatic carbocycles. The molecule has 2 aliphatic carbocycles. The van der Waals surface area contributed by atoms with Gasteiger partial charge >= 0.3 is 208 Å². The van der Waals surface area contributed by atoms with Gasteiger partial charge < -0.3 is 0 Å². The second-order valence-electron chi connectivity index (χ2n) is 10.7. The first kappa shape index (κ1) is 23.5. The van der Waals surface area contributed by atoms with Gasteiger partial charge in [-0.2, -0.15) is 0 Å². The maximum atomic E-state index is 2.55. The molecule has 2 atom stereocenters. The van der Waals surface area contributed by atoms with E-state index in [-0.39, 0.29) is 0 Å². The van der Waals surface area contributed by atoms with Crippen LogP contribution in [0.1, 0.15) is 109 Å². The van der Waals surface area contributed by atoms with E-state index in [2.05, 4.69) is 76.2 Å². The van der Waals surface area contributed by atoms with Crippen LogP contribution in [0.5, 0.6) is 0 Å². The van der Waals surface area contributed by atoms with Crippen molar-refractivity contribution >= 4 is 11.1 Å². The molecular weight excluding hydrogens is 563 g/mol. The van der Waals surface area contributed by atoms with Gasteiger partial charge in [-0.15, -0.1) is 0 Å². The SMILES string of the molecule is CCC[CH2][Hf]1([CH2]CCC)[CH]2C(CC)=C(CCC3=C(CC)[CH]1c1ccccc13)c1ccccc12. The molecule has 174 valence electrons. The Bertz CT molecular complexity index is 998. The van der Waals surface area contributed by atoms with Crippen LogP contribution in [0.2, 0.25) is 8.35 Å². The number of fused-ring (bicyclic) bond motifs is 8. The summed E-state index contributed by atoms with van der Waals surface area (Å²) in [6.07, 6.45) is 10.5. The van der Waals surface area contributed by atoms with Crippen molar-refractivity contribution in [2.24, 2.45) is 0 Å². The second kappa shape index (κ2) is 9.81. The zero-order chi connectivity index (χ0) is 23.0. The molecule has 0 spiro atoms. The van der Waals surface area contributed by atoms with E-state index in [1.54, 1.807) is 41.8 Å². The average Bonchev–Trinajstić information content (AvgIpc) is 3.36. The predicted octanol–water partition coefficient (Wildman–Crippen LogP) is 10.2. The summed E-state index contributed by atoms with van der Waals surface area (Å²) in [7, 11) is 0. The summed E-state index contributed by atoms with van der Waals surface area (Å²) >= 11 is -3.05. The number of hydrogen-bond donors (Lipinski definition) is 0. The molecule has 0 radical (unpaired) electrons. The molecule has 1 heteroatoms. The quantitative estimate of drug-likeness (QED) is 0.263. The topological polar surface area (TPSA) is 0 Å². The molecule has 0 nitrogen and oxygen atoms in total. The Morgan fingerprint density at radius 3 is 1.45 bits per heavy atom. The summed E-state index contributed by atoms with van der Waals surface area (Å²) in [4.78, 5) is 0. The predicted molar refractivity (Wildman–Crippen MR) is 141 cm³/mol. The van der Waals surface area contributed by atoms with Crippen LogP contribution in [-0.2, 0) is 20.0 Å². The minimum absolute atomic E-state index is 0.795. The zero-order valence-electron chi connectivity index (χ0n) is 21.3. The van der Waals surface area contributed by atoms with E-state index < -0.39 is 20.0 Å². The fourth-order valence-corrected chi connectivity index (χ4v) is 35.5. The van der Waals surface area contributed by atoms with E-state index in [4.69, 9.17) is 0 Å².